The lowest BCUT2D eigenvalue weighted by atomic mass is 10.1. The average molecular weight is 641 g/mol. The van der Waals surface area contributed by atoms with Gasteiger partial charge in [0.1, 0.15) is 0 Å². The molecule has 4 aromatic carbocycles. The van der Waals surface area contributed by atoms with E-state index in [2.05, 4.69) is 20.9 Å². The third-order valence-corrected chi connectivity index (χ3v) is 9.11. The standard InChI is InChI=1S/C30H23F3N4O3S3/c31-30(32,33)21-9-3-4-10-23(21)36-28(40)17-42-29-37-24-13-12-19(14-25(24)43-29)34-26(38)15-41-16-27(39)35-22-11-5-7-18-6-1-2-8-20(18)22/h1-14H,15-17H2,(H,34,38)(H,35,39)(H,36,40). The molecule has 1 aromatic heterocycles. The van der Waals surface area contributed by atoms with Gasteiger partial charge in [-0.2, -0.15) is 13.2 Å². The molecule has 0 fully saturated rings. The number of fused-ring (bicyclic) bond motifs is 2. The quantitative estimate of drug-likeness (QED) is 0.137. The van der Waals surface area contributed by atoms with E-state index in [1.807, 2.05) is 42.5 Å². The van der Waals surface area contributed by atoms with Crippen LogP contribution in [-0.4, -0.2) is 40.0 Å². The molecule has 0 unspecified atom stereocenters. The van der Waals surface area contributed by atoms with Crippen molar-refractivity contribution in [2.45, 2.75) is 10.5 Å². The molecule has 0 radical (unpaired) electrons. The number of amides is 3. The molecule has 0 saturated heterocycles. The molecule has 0 aliphatic rings. The third kappa shape index (κ3) is 8.06. The number of carbonyl (C=O) groups excluding carboxylic acids is 3. The fourth-order valence-electron chi connectivity index (χ4n) is 4.15. The third-order valence-electron chi connectivity index (χ3n) is 6.02. The van der Waals surface area contributed by atoms with Gasteiger partial charge in [-0.1, -0.05) is 60.3 Å². The predicted molar refractivity (Wildman–Crippen MR) is 169 cm³/mol. The summed E-state index contributed by atoms with van der Waals surface area (Å²) >= 11 is 3.60. The second-order valence-corrected chi connectivity index (χ2v) is 12.4. The Bertz CT molecular complexity index is 1800. The first-order chi connectivity index (χ1) is 20.7. The van der Waals surface area contributed by atoms with Gasteiger partial charge in [0.15, 0.2) is 4.34 Å². The first-order valence-corrected chi connectivity index (χ1v) is 15.8. The van der Waals surface area contributed by atoms with E-state index in [0.29, 0.717) is 15.5 Å². The van der Waals surface area contributed by atoms with E-state index in [1.54, 1.807) is 18.2 Å². The number of halogens is 3. The lowest BCUT2D eigenvalue weighted by molar-refractivity contribution is -0.137. The maximum Gasteiger partial charge on any atom is 0.418 e. The van der Waals surface area contributed by atoms with E-state index in [1.165, 1.54) is 41.3 Å². The molecule has 0 bridgehead atoms. The van der Waals surface area contributed by atoms with Gasteiger partial charge in [0.2, 0.25) is 17.7 Å². The van der Waals surface area contributed by atoms with Gasteiger partial charge < -0.3 is 16.0 Å². The van der Waals surface area contributed by atoms with Gasteiger partial charge in [-0.3, -0.25) is 14.4 Å². The molecule has 13 heteroatoms. The van der Waals surface area contributed by atoms with Gasteiger partial charge in [-0.15, -0.1) is 23.1 Å². The summed E-state index contributed by atoms with van der Waals surface area (Å²) in [6.45, 7) is 0. The zero-order chi connectivity index (χ0) is 30.4. The topological polar surface area (TPSA) is 100 Å². The van der Waals surface area contributed by atoms with E-state index in [0.717, 1.165) is 39.0 Å². The number of nitrogens with one attached hydrogen (secondary N) is 3. The SMILES string of the molecule is O=C(CSCC(=O)Nc1cccc2ccccc12)Nc1ccc2nc(SCC(=O)Nc3ccccc3C(F)(F)F)sc2c1. The monoisotopic (exact) mass is 640 g/mol. The number of hydrogen-bond acceptors (Lipinski definition) is 7. The predicted octanol–water partition coefficient (Wildman–Crippen LogP) is 7.51. The Morgan fingerprint density at radius 1 is 0.744 bits per heavy atom. The van der Waals surface area contributed by atoms with Crippen molar-refractivity contribution >= 4 is 90.6 Å². The fraction of sp³-hybridized carbons (Fsp3) is 0.133. The number of alkyl halides is 3. The number of rotatable bonds is 10. The van der Waals surface area contributed by atoms with Crippen LogP contribution in [0.5, 0.6) is 0 Å². The molecule has 7 nitrogen and oxygen atoms in total. The summed E-state index contributed by atoms with van der Waals surface area (Å²) in [5.41, 5.74) is 0.725. The Morgan fingerprint density at radius 3 is 2.21 bits per heavy atom. The maximum atomic E-state index is 13.2. The van der Waals surface area contributed by atoms with Crippen molar-refractivity contribution < 1.29 is 27.6 Å². The number of carbonyl (C=O) groups is 3. The largest absolute Gasteiger partial charge is 0.418 e. The Kier molecular flexibility index (Phi) is 9.53. The molecule has 5 aromatic rings. The van der Waals surface area contributed by atoms with Crippen molar-refractivity contribution in [1.29, 1.82) is 0 Å². The summed E-state index contributed by atoms with van der Waals surface area (Å²) in [5.74, 6) is -0.989. The van der Waals surface area contributed by atoms with Crippen molar-refractivity contribution in [2.75, 3.05) is 33.2 Å². The molecule has 3 amide bonds. The summed E-state index contributed by atoms with van der Waals surface area (Å²) in [7, 11) is 0. The first kappa shape index (κ1) is 30.4. The van der Waals surface area contributed by atoms with Gasteiger partial charge in [-0.05, 0) is 41.8 Å². The van der Waals surface area contributed by atoms with E-state index in [4.69, 9.17) is 0 Å². The summed E-state index contributed by atoms with van der Waals surface area (Å²) in [5, 5.41) is 9.99. The molecule has 0 aliphatic heterocycles. The Balaban J connectivity index is 1.09. The van der Waals surface area contributed by atoms with Crippen LogP contribution in [0.25, 0.3) is 21.0 Å². The minimum atomic E-state index is -4.58. The Hall–Kier alpha value is -4.07. The van der Waals surface area contributed by atoms with Crippen molar-refractivity contribution in [3.8, 4) is 0 Å². The number of thiazole rings is 1. The van der Waals surface area contributed by atoms with E-state index in [-0.39, 0.29) is 34.8 Å². The van der Waals surface area contributed by atoms with Gasteiger partial charge in [-0.25, -0.2) is 4.98 Å². The second kappa shape index (κ2) is 13.5. The molecular weight excluding hydrogens is 618 g/mol. The molecule has 0 saturated carbocycles. The Labute approximate surface area is 256 Å². The molecule has 220 valence electrons. The lowest BCUT2D eigenvalue weighted by Crippen LogP contribution is -2.18. The van der Waals surface area contributed by atoms with Crippen LogP contribution in [0.1, 0.15) is 5.56 Å². The molecule has 5 rings (SSSR count). The number of hydrogen-bond donors (Lipinski definition) is 3. The summed E-state index contributed by atoms with van der Waals surface area (Å²) in [6, 6.07) is 23.4. The minimum Gasteiger partial charge on any atom is -0.325 e. The lowest BCUT2D eigenvalue weighted by Gasteiger charge is -2.13. The Morgan fingerprint density at radius 2 is 1.40 bits per heavy atom. The van der Waals surface area contributed by atoms with Gasteiger partial charge in [0.05, 0.1) is 38.7 Å². The number of anilines is 3. The van der Waals surface area contributed by atoms with Crippen LogP contribution in [0, 0.1) is 0 Å². The number of benzene rings is 4. The van der Waals surface area contributed by atoms with Gasteiger partial charge in [0, 0.05) is 16.8 Å². The highest BCUT2D eigenvalue weighted by Gasteiger charge is 2.33. The summed E-state index contributed by atoms with van der Waals surface area (Å²) in [6.07, 6.45) is -4.58. The van der Waals surface area contributed by atoms with Crippen LogP contribution in [0.15, 0.2) is 89.3 Å². The summed E-state index contributed by atoms with van der Waals surface area (Å²) in [4.78, 5) is 41.7. The number of para-hydroxylation sites is 1. The van der Waals surface area contributed by atoms with Crippen LogP contribution < -0.4 is 16.0 Å². The fourth-order valence-corrected chi connectivity index (χ4v) is 6.67. The number of nitrogens with zero attached hydrogens (tertiary/aromatic N) is 1. The highest BCUT2D eigenvalue weighted by molar-refractivity contribution is 8.01. The summed E-state index contributed by atoms with van der Waals surface area (Å²) < 4.78 is 40.9. The van der Waals surface area contributed by atoms with Gasteiger partial charge in [0.25, 0.3) is 0 Å². The van der Waals surface area contributed by atoms with Crippen LogP contribution >= 0.6 is 34.9 Å². The van der Waals surface area contributed by atoms with Crippen LogP contribution in [0.4, 0.5) is 30.2 Å². The normalized spacial score (nSPS) is 11.4. The van der Waals surface area contributed by atoms with Crippen molar-refractivity contribution in [1.82, 2.24) is 4.98 Å². The van der Waals surface area contributed by atoms with Crippen LogP contribution in [0.3, 0.4) is 0 Å². The van der Waals surface area contributed by atoms with E-state index >= 15 is 0 Å². The molecule has 43 heavy (non-hydrogen) atoms. The van der Waals surface area contributed by atoms with Crippen molar-refractivity contribution in [2.24, 2.45) is 0 Å². The zero-order valence-corrected chi connectivity index (χ0v) is 24.7. The highest BCUT2D eigenvalue weighted by atomic mass is 32.2. The van der Waals surface area contributed by atoms with Gasteiger partial charge >= 0.3 is 6.18 Å². The van der Waals surface area contributed by atoms with Crippen LogP contribution in [0.2, 0.25) is 0 Å². The second-order valence-electron chi connectivity index (χ2n) is 9.16. The maximum absolute atomic E-state index is 13.2. The molecule has 0 aliphatic carbocycles. The van der Waals surface area contributed by atoms with Crippen LogP contribution in [-0.2, 0) is 20.6 Å². The smallest absolute Gasteiger partial charge is 0.325 e. The molecule has 0 atom stereocenters. The first-order valence-electron chi connectivity index (χ1n) is 12.8. The molecule has 0 spiro atoms. The van der Waals surface area contributed by atoms with Crippen molar-refractivity contribution in [3.63, 3.8) is 0 Å². The number of thioether (sulfide) groups is 2. The molecule has 1 heterocycles. The highest BCUT2D eigenvalue weighted by Crippen LogP contribution is 2.35. The van der Waals surface area contributed by atoms with E-state index < -0.39 is 17.6 Å². The minimum absolute atomic E-state index is 0.0807. The average Bonchev–Trinajstić information content (AvgIpc) is 3.38. The zero-order valence-electron chi connectivity index (χ0n) is 22.2. The molecular formula is C30H23F3N4O3S3. The van der Waals surface area contributed by atoms with Crippen molar-refractivity contribution in [3.05, 3.63) is 90.5 Å². The number of aromatic nitrogens is 1. The molecule has 3 N–H and O–H groups in total. The van der Waals surface area contributed by atoms with E-state index in [9.17, 15) is 27.6 Å².